The average molecular weight is 311 g/mol. The Labute approximate surface area is 138 Å². The van der Waals surface area contributed by atoms with Gasteiger partial charge in [-0.2, -0.15) is 0 Å². The van der Waals surface area contributed by atoms with E-state index < -0.39 is 0 Å². The summed E-state index contributed by atoms with van der Waals surface area (Å²) in [6.07, 6.45) is 2.27. The Morgan fingerprint density at radius 2 is 1.78 bits per heavy atom. The largest absolute Gasteiger partial charge is 0.394 e. The monoisotopic (exact) mass is 311 g/mol. The molecule has 5 heteroatoms. The van der Waals surface area contributed by atoms with Crippen LogP contribution < -0.4 is 10.6 Å². The Bertz CT molecular complexity index is 663. The molecule has 0 aliphatic carbocycles. The first-order valence-electron chi connectivity index (χ1n) is 8.17. The fraction of sp³-hybridized carbons (Fsp3) is 0.444. The number of likely N-dealkylation sites (tertiary alicyclic amines) is 1. The van der Waals surface area contributed by atoms with Gasteiger partial charge >= 0.3 is 0 Å². The van der Waals surface area contributed by atoms with E-state index >= 15 is 0 Å². The number of piperidine rings is 1. The van der Waals surface area contributed by atoms with Crippen molar-refractivity contribution in [2.45, 2.75) is 25.8 Å². The molecule has 1 saturated heterocycles. The predicted molar refractivity (Wildman–Crippen MR) is 95.5 cm³/mol. The van der Waals surface area contributed by atoms with Crippen molar-refractivity contribution in [3.05, 3.63) is 36.2 Å². The molecule has 1 aliphatic heterocycles. The first kappa shape index (κ1) is 15.7. The molecule has 2 N–H and O–H groups in total. The minimum Gasteiger partial charge on any atom is -0.394 e. The molecule has 1 aromatic heterocycles. The van der Waals surface area contributed by atoms with Gasteiger partial charge in [0.05, 0.1) is 5.69 Å². The highest BCUT2D eigenvalue weighted by Gasteiger charge is 2.24. The summed E-state index contributed by atoms with van der Waals surface area (Å²) in [5.74, 6) is 1.61. The van der Waals surface area contributed by atoms with E-state index in [1.807, 2.05) is 37.3 Å². The third-order valence-corrected chi connectivity index (χ3v) is 4.65. The van der Waals surface area contributed by atoms with Gasteiger partial charge in [0, 0.05) is 18.7 Å². The lowest BCUT2D eigenvalue weighted by Crippen LogP contribution is -2.42. The molecule has 23 heavy (non-hydrogen) atoms. The fourth-order valence-corrected chi connectivity index (χ4v) is 3.21. The standard InChI is InChI=1S/C18H25N5/c1-13-20-17(14-7-5-4-6-8-14)16(19)18(21-13)23(3)15-9-11-22(2)12-10-15/h4-8,15H,9-12,19H2,1-3H3. The number of nitrogens with two attached hydrogens (primary N) is 1. The Kier molecular flexibility index (Phi) is 4.48. The molecule has 0 radical (unpaired) electrons. The molecule has 3 rings (SSSR count). The van der Waals surface area contributed by atoms with Gasteiger partial charge < -0.3 is 15.5 Å². The zero-order valence-corrected chi connectivity index (χ0v) is 14.2. The van der Waals surface area contributed by atoms with Crippen molar-refractivity contribution in [2.24, 2.45) is 0 Å². The minimum atomic E-state index is 0.478. The Morgan fingerprint density at radius 1 is 1.13 bits per heavy atom. The van der Waals surface area contributed by atoms with E-state index in [2.05, 4.69) is 33.9 Å². The molecule has 0 bridgehead atoms. The van der Waals surface area contributed by atoms with Crippen LogP contribution in [0.2, 0.25) is 0 Å². The van der Waals surface area contributed by atoms with Gasteiger partial charge in [-0.25, -0.2) is 9.97 Å². The van der Waals surface area contributed by atoms with Crippen molar-refractivity contribution in [1.82, 2.24) is 14.9 Å². The summed E-state index contributed by atoms with van der Waals surface area (Å²) in [7, 11) is 4.27. The van der Waals surface area contributed by atoms with Crippen LogP contribution in [0.4, 0.5) is 11.5 Å². The Balaban J connectivity index is 1.95. The number of aryl methyl sites for hydroxylation is 1. The summed E-state index contributed by atoms with van der Waals surface area (Å²) in [6.45, 7) is 4.16. The van der Waals surface area contributed by atoms with Crippen molar-refractivity contribution in [3.63, 3.8) is 0 Å². The number of aromatic nitrogens is 2. The molecular weight excluding hydrogens is 286 g/mol. The van der Waals surface area contributed by atoms with Crippen molar-refractivity contribution in [2.75, 3.05) is 37.8 Å². The van der Waals surface area contributed by atoms with Gasteiger partial charge in [0.1, 0.15) is 11.5 Å². The van der Waals surface area contributed by atoms with Gasteiger partial charge in [-0.05, 0) is 39.9 Å². The number of benzene rings is 1. The van der Waals surface area contributed by atoms with Crippen LogP contribution in [0.1, 0.15) is 18.7 Å². The number of anilines is 2. The second-order valence-electron chi connectivity index (χ2n) is 6.37. The second-order valence-corrected chi connectivity index (χ2v) is 6.37. The molecule has 1 aromatic carbocycles. The third-order valence-electron chi connectivity index (χ3n) is 4.65. The molecule has 1 fully saturated rings. The maximum absolute atomic E-state index is 6.44. The van der Waals surface area contributed by atoms with E-state index in [0.717, 1.165) is 48.8 Å². The van der Waals surface area contributed by atoms with E-state index in [0.29, 0.717) is 11.7 Å². The van der Waals surface area contributed by atoms with Crippen LogP contribution in [-0.4, -0.2) is 48.1 Å². The molecule has 2 aromatic rings. The van der Waals surface area contributed by atoms with Crippen LogP contribution >= 0.6 is 0 Å². The number of hydrogen-bond acceptors (Lipinski definition) is 5. The van der Waals surface area contributed by atoms with Gasteiger partial charge in [-0.3, -0.25) is 0 Å². The molecule has 0 spiro atoms. The van der Waals surface area contributed by atoms with Gasteiger partial charge in [-0.15, -0.1) is 0 Å². The summed E-state index contributed by atoms with van der Waals surface area (Å²) in [5.41, 5.74) is 8.97. The summed E-state index contributed by atoms with van der Waals surface area (Å²) in [4.78, 5) is 13.8. The highest BCUT2D eigenvalue weighted by molar-refractivity contribution is 5.81. The zero-order valence-electron chi connectivity index (χ0n) is 14.2. The summed E-state index contributed by atoms with van der Waals surface area (Å²) < 4.78 is 0. The van der Waals surface area contributed by atoms with Gasteiger partial charge in [0.25, 0.3) is 0 Å². The molecule has 0 unspecified atom stereocenters. The normalized spacial score (nSPS) is 16.5. The molecule has 2 heterocycles. The van der Waals surface area contributed by atoms with Gasteiger partial charge in [-0.1, -0.05) is 30.3 Å². The molecule has 0 amide bonds. The van der Waals surface area contributed by atoms with Crippen molar-refractivity contribution in [1.29, 1.82) is 0 Å². The van der Waals surface area contributed by atoms with Crippen molar-refractivity contribution in [3.8, 4) is 11.3 Å². The molecule has 0 atom stereocenters. The first-order valence-corrected chi connectivity index (χ1v) is 8.17. The number of nitrogens with zero attached hydrogens (tertiary/aromatic N) is 4. The number of rotatable bonds is 3. The SMILES string of the molecule is Cc1nc(-c2ccccc2)c(N)c(N(C)C2CCN(C)CC2)n1. The lowest BCUT2D eigenvalue weighted by Gasteiger charge is -2.36. The molecule has 0 saturated carbocycles. The summed E-state index contributed by atoms with van der Waals surface area (Å²) >= 11 is 0. The maximum atomic E-state index is 6.44. The van der Waals surface area contributed by atoms with E-state index in [-0.39, 0.29) is 0 Å². The summed E-state index contributed by atoms with van der Waals surface area (Å²) in [6, 6.07) is 10.6. The van der Waals surface area contributed by atoms with E-state index in [9.17, 15) is 0 Å². The van der Waals surface area contributed by atoms with Crippen LogP contribution in [0, 0.1) is 6.92 Å². The van der Waals surface area contributed by atoms with Crippen molar-refractivity contribution >= 4 is 11.5 Å². The van der Waals surface area contributed by atoms with E-state index in [1.165, 1.54) is 0 Å². The second kappa shape index (κ2) is 6.54. The van der Waals surface area contributed by atoms with Crippen LogP contribution in [0.15, 0.2) is 30.3 Å². The topological polar surface area (TPSA) is 58.3 Å². The zero-order chi connectivity index (χ0) is 16.4. The van der Waals surface area contributed by atoms with Crippen LogP contribution in [-0.2, 0) is 0 Å². The van der Waals surface area contributed by atoms with Crippen LogP contribution in [0.3, 0.4) is 0 Å². The quantitative estimate of drug-likeness (QED) is 0.944. The lowest BCUT2D eigenvalue weighted by atomic mass is 10.0. The third kappa shape index (κ3) is 3.29. The lowest BCUT2D eigenvalue weighted by molar-refractivity contribution is 0.252. The van der Waals surface area contributed by atoms with Gasteiger partial charge in [0.15, 0.2) is 5.82 Å². The number of hydrogen-bond donors (Lipinski definition) is 1. The molecule has 122 valence electrons. The fourth-order valence-electron chi connectivity index (χ4n) is 3.21. The smallest absolute Gasteiger partial charge is 0.156 e. The maximum Gasteiger partial charge on any atom is 0.156 e. The summed E-state index contributed by atoms with van der Waals surface area (Å²) in [5, 5.41) is 0. The van der Waals surface area contributed by atoms with E-state index in [1.54, 1.807) is 0 Å². The van der Waals surface area contributed by atoms with E-state index in [4.69, 9.17) is 5.73 Å². The Hall–Kier alpha value is -2.14. The van der Waals surface area contributed by atoms with Crippen molar-refractivity contribution < 1.29 is 0 Å². The number of nitrogen functional groups attached to an aromatic ring is 1. The van der Waals surface area contributed by atoms with Gasteiger partial charge in [0.2, 0.25) is 0 Å². The highest BCUT2D eigenvalue weighted by atomic mass is 15.2. The molecule has 1 aliphatic rings. The average Bonchev–Trinajstić information content (AvgIpc) is 2.57. The Morgan fingerprint density at radius 3 is 2.43 bits per heavy atom. The van der Waals surface area contributed by atoms with Crippen LogP contribution in [0.5, 0.6) is 0 Å². The molecule has 5 nitrogen and oxygen atoms in total. The predicted octanol–water partition coefficient (Wildman–Crippen LogP) is 2.56. The highest BCUT2D eigenvalue weighted by Crippen LogP contribution is 2.32. The van der Waals surface area contributed by atoms with Crippen LogP contribution in [0.25, 0.3) is 11.3 Å². The first-order chi connectivity index (χ1) is 11.1. The molecular formula is C18H25N5. The minimum absolute atomic E-state index is 0.478.